The first-order chi connectivity index (χ1) is 14.7. The molecular weight excluding hydrogens is 402 g/mol. The van der Waals surface area contributed by atoms with Crippen molar-refractivity contribution < 1.29 is 28.7 Å². The summed E-state index contributed by atoms with van der Waals surface area (Å²) in [5.41, 5.74) is 0.0915. The molecular formula is C22H23N3O6. The third-order valence-corrected chi connectivity index (χ3v) is 5.11. The lowest BCUT2D eigenvalue weighted by Crippen LogP contribution is -2.42. The summed E-state index contributed by atoms with van der Waals surface area (Å²) in [7, 11) is 2.97. The average Bonchev–Trinajstić information content (AvgIpc) is 2.97. The number of Topliss-reactive ketones (excluding diaryl/α,β-unsaturated/α-hetero) is 1. The van der Waals surface area contributed by atoms with Crippen LogP contribution in [0.5, 0.6) is 11.5 Å². The van der Waals surface area contributed by atoms with Gasteiger partial charge in [0, 0.05) is 11.3 Å². The summed E-state index contributed by atoms with van der Waals surface area (Å²) in [6.07, 6.45) is 0. The standard InChI is InChI=1S/C22H23N3O6/c1-13(26)14-5-8-16(9-6-14)23-19(27)12-25-20(28)22(2,24-21(25)29)15-7-10-17(30-3)18(11-15)31-4/h5-11H,12H2,1-4H3,(H,23,27)(H,24,29). The van der Waals surface area contributed by atoms with Crippen LogP contribution in [0.15, 0.2) is 42.5 Å². The van der Waals surface area contributed by atoms with E-state index in [4.69, 9.17) is 9.47 Å². The molecule has 0 aliphatic carbocycles. The van der Waals surface area contributed by atoms with Crippen molar-refractivity contribution in [3.8, 4) is 11.5 Å². The lowest BCUT2D eigenvalue weighted by atomic mass is 9.91. The smallest absolute Gasteiger partial charge is 0.325 e. The Hall–Kier alpha value is -3.88. The summed E-state index contributed by atoms with van der Waals surface area (Å²) in [5, 5.41) is 5.26. The Balaban J connectivity index is 1.75. The van der Waals surface area contributed by atoms with Gasteiger partial charge in [0.05, 0.1) is 14.2 Å². The monoisotopic (exact) mass is 425 g/mol. The number of ketones is 1. The number of hydrogen-bond donors (Lipinski definition) is 2. The molecule has 0 spiro atoms. The number of urea groups is 1. The SMILES string of the molecule is COc1ccc(C2(C)NC(=O)N(CC(=O)Nc3ccc(C(C)=O)cc3)C2=O)cc1OC. The van der Waals surface area contributed by atoms with E-state index in [9.17, 15) is 19.2 Å². The van der Waals surface area contributed by atoms with E-state index >= 15 is 0 Å². The Bertz CT molecular complexity index is 1050. The van der Waals surface area contributed by atoms with Gasteiger partial charge in [-0.15, -0.1) is 0 Å². The highest BCUT2D eigenvalue weighted by Gasteiger charge is 2.49. The number of hydrogen-bond acceptors (Lipinski definition) is 6. The van der Waals surface area contributed by atoms with E-state index in [1.807, 2.05) is 0 Å². The zero-order valence-electron chi connectivity index (χ0n) is 17.6. The van der Waals surface area contributed by atoms with Crippen molar-refractivity contribution in [3.05, 3.63) is 53.6 Å². The first-order valence-corrected chi connectivity index (χ1v) is 9.47. The van der Waals surface area contributed by atoms with Crippen molar-refractivity contribution in [2.45, 2.75) is 19.4 Å². The van der Waals surface area contributed by atoms with Gasteiger partial charge in [-0.3, -0.25) is 19.3 Å². The lowest BCUT2D eigenvalue weighted by molar-refractivity contribution is -0.133. The van der Waals surface area contributed by atoms with Crippen molar-refractivity contribution >= 4 is 29.3 Å². The van der Waals surface area contributed by atoms with Gasteiger partial charge < -0.3 is 20.1 Å². The molecule has 9 heteroatoms. The molecule has 0 radical (unpaired) electrons. The minimum atomic E-state index is -1.36. The molecule has 2 aromatic rings. The van der Waals surface area contributed by atoms with Crippen LogP contribution >= 0.6 is 0 Å². The van der Waals surface area contributed by atoms with E-state index in [2.05, 4.69) is 10.6 Å². The maximum Gasteiger partial charge on any atom is 0.325 e. The van der Waals surface area contributed by atoms with Crippen LogP contribution in [0.3, 0.4) is 0 Å². The van der Waals surface area contributed by atoms with Crippen LogP contribution in [0.2, 0.25) is 0 Å². The molecule has 1 heterocycles. The number of nitrogens with one attached hydrogen (secondary N) is 2. The quantitative estimate of drug-likeness (QED) is 0.520. The molecule has 0 saturated carbocycles. The van der Waals surface area contributed by atoms with Crippen LogP contribution in [-0.4, -0.2) is 49.3 Å². The average molecular weight is 425 g/mol. The summed E-state index contributed by atoms with van der Waals surface area (Å²) < 4.78 is 10.5. The molecule has 0 aromatic heterocycles. The fraction of sp³-hybridized carbons (Fsp3) is 0.273. The van der Waals surface area contributed by atoms with Crippen molar-refractivity contribution in [2.75, 3.05) is 26.1 Å². The van der Waals surface area contributed by atoms with Crippen molar-refractivity contribution in [1.82, 2.24) is 10.2 Å². The normalized spacial score (nSPS) is 17.9. The summed E-state index contributed by atoms with van der Waals surface area (Å²) in [5.74, 6) is -0.304. The third-order valence-electron chi connectivity index (χ3n) is 5.11. The molecule has 0 bridgehead atoms. The zero-order valence-corrected chi connectivity index (χ0v) is 17.6. The van der Waals surface area contributed by atoms with Gasteiger partial charge in [-0.25, -0.2) is 4.79 Å². The number of carbonyl (C=O) groups excluding carboxylic acids is 4. The van der Waals surface area contributed by atoms with Crippen LogP contribution < -0.4 is 20.1 Å². The zero-order chi connectivity index (χ0) is 22.8. The number of nitrogens with zero attached hydrogens (tertiary/aromatic N) is 1. The highest BCUT2D eigenvalue weighted by Crippen LogP contribution is 2.35. The summed E-state index contributed by atoms with van der Waals surface area (Å²) >= 11 is 0. The molecule has 31 heavy (non-hydrogen) atoms. The van der Waals surface area contributed by atoms with E-state index in [1.165, 1.54) is 21.1 Å². The molecule has 9 nitrogen and oxygen atoms in total. The van der Waals surface area contributed by atoms with Gasteiger partial charge in [-0.1, -0.05) is 6.07 Å². The number of ether oxygens (including phenoxy) is 2. The maximum atomic E-state index is 13.1. The van der Waals surface area contributed by atoms with Crippen molar-refractivity contribution in [3.63, 3.8) is 0 Å². The van der Waals surface area contributed by atoms with Gasteiger partial charge in [-0.2, -0.15) is 0 Å². The predicted octanol–water partition coefficient (Wildman–Crippen LogP) is 2.31. The number of carbonyl (C=O) groups is 4. The summed E-state index contributed by atoms with van der Waals surface area (Å²) in [6, 6.07) is 10.5. The Labute approximate surface area is 179 Å². The number of amides is 4. The van der Waals surface area contributed by atoms with Gasteiger partial charge >= 0.3 is 6.03 Å². The van der Waals surface area contributed by atoms with Crippen LogP contribution in [0.25, 0.3) is 0 Å². The second-order valence-electron chi connectivity index (χ2n) is 7.20. The number of rotatable bonds is 7. The Morgan fingerprint density at radius 2 is 1.68 bits per heavy atom. The molecule has 1 saturated heterocycles. The lowest BCUT2D eigenvalue weighted by Gasteiger charge is -2.23. The molecule has 2 aromatic carbocycles. The summed E-state index contributed by atoms with van der Waals surface area (Å²) in [4.78, 5) is 50.2. The van der Waals surface area contributed by atoms with E-state index in [-0.39, 0.29) is 5.78 Å². The van der Waals surface area contributed by atoms with Gasteiger partial charge in [-0.05, 0) is 55.8 Å². The molecule has 1 aliphatic rings. The predicted molar refractivity (Wildman–Crippen MR) is 112 cm³/mol. The molecule has 3 rings (SSSR count). The number of benzene rings is 2. The Morgan fingerprint density at radius 3 is 2.26 bits per heavy atom. The Morgan fingerprint density at radius 1 is 1.03 bits per heavy atom. The van der Waals surface area contributed by atoms with Crippen LogP contribution in [0, 0.1) is 0 Å². The van der Waals surface area contributed by atoms with Crippen LogP contribution in [0.1, 0.15) is 29.8 Å². The van der Waals surface area contributed by atoms with Gasteiger partial charge in [0.1, 0.15) is 12.1 Å². The van der Waals surface area contributed by atoms with Crippen molar-refractivity contribution in [1.29, 1.82) is 0 Å². The van der Waals surface area contributed by atoms with E-state index < -0.39 is 29.9 Å². The van der Waals surface area contributed by atoms with Gasteiger partial charge in [0.2, 0.25) is 5.91 Å². The molecule has 2 N–H and O–H groups in total. The number of anilines is 1. The third kappa shape index (κ3) is 4.20. The minimum absolute atomic E-state index is 0.0911. The van der Waals surface area contributed by atoms with Gasteiger partial charge in [0.15, 0.2) is 17.3 Å². The largest absolute Gasteiger partial charge is 0.493 e. The topological polar surface area (TPSA) is 114 Å². The first kappa shape index (κ1) is 21.8. The van der Waals surface area contributed by atoms with Crippen LogP contribution in [-0.2, 0) is 15.1 Å². The number of methoxy groups -OCH3 is 2. The first-order valence-electron chi connectivity index (χ1n) is 9.47. The molecule has 162 valence electrons. The minimum Gasteiger partial charge on any atom is -0.493 e. The second-order valence-corrected chi connectivity index (χ2v) is 7.20. The second kappa shape index (κ2) is 8.47. The van der Waals surface area contributed by atoms with E-state index in [0.717, 1.165) is 4.90 Å². The molecule has 1 atom stereocenters. The molecule has 1 aliphatic heterocycles. The van der Waals surface area contributed by atoms with Crippen LogP contribution in [0.4, 0.5) is 10.5 Å². The Kier molecular flexibility index (Phi) is 5.96. The molecule has 1 unspecified atom stereocenters. The molecule has 1 fully saturated rings. The van der Waals surface area contributed by atoms with Gasteiger partial charge in [0.25, 0.3) is 5.91 Å². The highest BCUT2D eigenvalue weighted by molar-refractivity contribution is 6.10. The summed E-state index contributed by atoms with van der Waals surface area (Å²) in [6.45, 7) is 2.55. The fourth-order valence-corrected chi connectivity index (χ4v) is 3.32. The van der Waals surface area contributed by atoms with E-state index in [0.29, 0.717) is 28.3 Å². The van der Waals surface area contributed by atoms with E-state index in [1.54, 1.807) is 49.4 Å². The number of imide groups is 1. The fourth-order valence-electron chi connectivity index (χ4n) is 3.32. The highest BCUT2D eigenvalue weighted by atomic mass is 16.5. The molecule has 4 amide bonds. The maximum absolute atomic E-state index is 13.1. The van der Waals surface area contributed by atoms with Crippen molar-refractivity contribution in [2.24, 2.45) is 0 Å².